The van der Waals surface area contributed by atoms with Crippen molar-refractivity contribution in [3.05, 3.63) is 91.8 Å². The van der Waals surface area contributed by atoms with Crippen LogP contribution in [0.3, 0.4) is 0 Å². The van der Waals surface area contributed by atoms with Crippen LogP contribution in [0.2, 0.25) is 0 Å². The van der Waals surface area contributed by atoms with Crippen LogP contribution in [-0.4, -0.2) is 58.2 Å². The number of nitrogens with one attached hydrogen (secondary N) is 1. The van der Waals surface area contributed by atoms with E-state index in [1.165, 1.54) is 6.07 Å². The summed E-state index contributed by atoms with van der Waals surface area (Å²) < 4.78 is 114. The van der Waals surface area contributed by atoms with Crippen molar-refractivity contribution in [2.24, 2.45) is 0 Å². The monoisotopic (exact) mass is 896 g/mol. The van der Waals surface area contributed by atoms with Gasteiger partial charge in [-0.1, -0.05) is 5.92 Å². The van der Waals surface area contributed by atoms with Gasteiger partial charge in [0.05, 0.1) is 34.3 Å². The molecule has 3 aliphatic heterocycles. The zero-order valence-corrected chi connectivity index (χ0v) is 36.7. The van der Waals surface area contributed by atoms with Gasteiger partial charge < -0.3 is 15.0 Å². The third-order valence-corrected chi connectivity index (χ3v) is 16.9. The number of hydrogen-bond acceptors (Lipinski definition) is 10. The first-order valence-electron chi connectivity index (χ1n) is 17.9. The van der Waals surface area contributed by atoms with Gasteiger partial charge in [0, 0.05) is 80.3 Å². The number of nitrogens with zero attached hydrogens (tertiary/aromatic N) is 2. The third-order valence-electron chi connectivity index (χ3n) is 11.4. The van der Waals surface area contributed by atoms with Gasteiger partial charge in [0.2, 0.25) is 11.3 Å². The Morgan fingerprint density at radius 2 is 1.64 bits per heavy atom. The fourth-order valence-electron chi connectivity index (χ4n) is 7.94. The molecule has 0 radical (unpaired) electrons. The number of hydrogen-bond donors (Lipinski definition) is 3. The molecule has 0 saturated heterocycles. The second kappa shape index (κ2) is 13.7. The molecule has 8 rings (SSSR count). The molecule has 0 atom stereocenters. The van der Waals surface area contributed by atoms with Gasteiger partial charge in [-0.15, -0.1) is 40.9 Å². The number of terminal acetylenes is 1. The molecule has 18 heteroatoms. The van der Waals surface area contributed by atoms with E-state index < -0.39 is 70.0 Å². The molecule has 3 aliphatic rings. The number of carbonyl (C=O) groups is 1. The lowest BCUT2D eigenvalue weighted by atomic mass is 9.83. The van der Waals surface area contributed by atoms with Crippen molar-refractivity contribution in [1.82, 2.24) is 9.89 Å². The van der Waals surface area contributed by atoms with E-state index in [-0.39, 0.29) is 38.6 Å². The Morgan fingerprint density at radius 1 is 0.949 bits per heavy atom. The molecule has 0 fully saturated rings. The van der Waals surface area contributed by atoms with Gasteiger partial charge in [0.25, 0.3) is 10.1 Å². The second-order valence-corrected chi connectivity index (χ2v) is 21.8. The van der Waals surface area contributed by atoms with Gasteiger partial charge in [-0.05, 0) is 56.7 Å². The summed E-state index contributed by atoms with van der Waals surface area (Å²) in [7, 11) is -6.40. The molecule has 5 aromatic rings. The summed E-state index contributed by atoms with van der Waals surface area (Å²) >= 11 is 2.97. The minimum atomic E-state index is -5.49. The Labute approximate surface area is 351 Å². The van der Waals surface area contributed by atoms with E-state index in [0.29, 0.717) is 44.8 Å². The van der Waals surface area contributed by atoms with Gasteiger partial charge in [0.1, 0.15) is 39.3 Å². The van der Waals surface area contributed by atoms with Crippen LogP contribution in [0.4, 0.5) is 14.5 Å². The molecular weight excluding hydrogens is 861 g/mol. The molecule has 5 heterocycles. The lowest BCUT2D eigenvalue weighted by Crippen LogP contribution is -2.46. The molecule has 11 nitrogen and oxygen atoms in total. The van der Waals surface area contributed by atoms with Crippen LogP contribution < -0.4 is 30.1 Å². The molecule has 1 amide bonds. The summed E-state index contributed by atoms with van der Waals surface area (Å²) in [6.07, 6.45) is 5.25. The van der Waals surface area contributed by atoms with Crippen molar-refractivity contribution in [3.8, 4) is 44.7 Å². The van der Waals surface area contributed by atoms with Crippen LogP contribution in [0.15, 0.2) is 56.5 Å². The number of thiophene rings is 2. The number of aryl methyl sites for hydroxylation is 1. The summed E-state index contributed by atoms with van der Waals surface area (Å²) in [5, 5.41) is 3.11. The van der Waals surface area contributed by atoms with E-state index >= 15 is 8.78 Å². The summed E-state index contributed by atoms with van der Waals surface area (Å²) in [4.78, 5) is 15.3. The molecule has 3 N–H and O–H groups in total. The van der Waals surface area contributed by atoms with Crippen LogP contribution in [0.5, 0.6) is 11.5 Å². The summed E-state index contributed by atoms with van der Waals surface area (Å²) in [6.45, 7) is 9.78. The topological polar surface area (TPSA) is 153 Å². The third kappa shape index (κ3) is 6.40. The van der Waals surface area contributed by atoms with E-state index in [2.05, 4.69) is 36.1 Å². The van der Waals surface area contributed by atoms with Crippen LogP contribution in [0.25, 0.3) is 26.5 Å². The molecule has 3 aromatic carbocycles. The fraction of sp³-hybridized carbons (Fsp3) is 0.268. The number of anilines is 1. The summed E-state index contributed by atoms with van der Waals surface area (Å²) in [5.74, 6) is -1.12. The van der Waals surface area contributed by atoms with Gasteiger partial charge in [-0.3, -0.25) is 13.9 Å². The predicted octanol–water partition coefficient (Wildman–Crippen LogP) is 6.47. The lowest BCUT2D eigenvalue weighted by molar-refractivity contribution is -0.118. The highest BCUT2D eigenvalue weighted by Crippen LogP contribution is 2.54. The van der Waals surface area contributed by atoms with Crippen molar-refractivity contribution in [2.45, 2.75) is 59.7 Å². The highest BCUT2D eigenvalue weighted by molar-refractivity contribution is 8.00. The molecule has 306 valence electrons. The van der Waals surface area contributed by atoms with E-state index in [1.807, 2.05) is 32.4 Å². The standard InChI is InChI=1S/C41H35F2N3O8S5/c1-9-10-44-32(47)18-55-31-15-26(42)39(59(51,52)53)35(36(31)43)34-22-12-20-27(45(7)40(3,4)24-11-19(2)56-37(20)24)16-29(22)54-30-17-28-21(13-23(30)34)38-25(41(5,6)46(28)8)14-33(57-38)58(48,49)50/h1,11-17H,10,18H2,2-8H3,(H2-,44,47,48,49,50,51,52,53)/p+1. The Bertz CT molecular complexity index is 3140. The summed E-state index contributed by atoms with van der Waals surface area (Å²) in [6, 6.07) is 10.9. The molecule has 0 unspecified atom stereocenters. The first-order chi connectivity index (χ1) is 27.5. The smallest absolute Gasteiger partial charge is 0.304 e. The summed E-state index contributed by atoms with van der Waals surface area (Å²) in [5.41, 5.74) is 1.43. The van der Waals surface area contributed by atoms with Crippen molar-refractivity contribution in [3.63, 3.8) is 0 Å². The Hall–Kier alpha value is -4.61. The SMILES string of the molecule is C#CCNC(=O)CSc1cc(F)c(S(=O)(=O)O)c(C2=c3cc4c(cc3Oc3cc5c(cc32)-c2sc(C)cc2C(C)(C)N5C)=[N+](C)C(C)(C)c2cc(S(=O)(=O)O)sc2-4)c1F. The molecule has 0 spiro atoms. The maximum Gasteiger partial charge on any atom is 0.304 e. The lowest BCUT2D eigenvalue weighted by Gasteiger charge is -2.43. The van der Waals surface area contributed by atoms with Crippen LogP contribution in [-0.2, 0) is 36.1 Å². The Kier molecular flexibility index (Phi) is 9.56. The molecule has 59 heavy (non-hydrogen) atoms. The normalized spacial score (nSPS) is 15.9. The van der Waals surface area contributed by atoms with E-state index in [1.54, 1.807) is 42.6 Å². The maximum absolute atomic E-state index is 17.4. The fourth-order valence-corrected chi connectivity index (χ4v) is 12.7. The van der Waals surface area contributed by atoms with Crippen LogP contribution in [0.1, 0.15) is 54.8 Å². The van der Waals surface area contributed by atoms with Crippen LogP contribution >= 0.6 is 34.4 Å². The van der Waals surface area contributed by atoms with Gasteiger partial charge in [-0.25, -0.2) is 13.4 Å². The number of fused-ring (bicyclic) bond motifs is 8. The molecule has 2 aromatic heterocycles. The van der Waals surface area contributed by atoms with Gasteiger partial charge in [0.15, 0.2) is 5.54 Å². The second-order valence-electron chi connectivity index (χ2n) is 15.4. The average Bonchev–Trinajstić information content (AvgIpc) is 3.79. The Morgan fingerprint density at radius 3 is 2.31 bits per heavy atom. The molecule has 0 saturated carbocycles. The van der Waals surface area contributed by atoms with Gasteiger partial charge in [-0.2, -0.15) is 16.8 Å². The average molecular weight is 897 g/mol. The number of amides is 1. The largest absolute Gasteiger partial charge is 0.456 e. The number of halogens is 2. The van der Waals surface area contributed by atoms with Gasteiger partial charge >= 0.3 is 10.1 Å². The highest BCUT2D eigenvalue weighted by atomic mass is 32.3. The highest BCUT2D eigenvalue weighted by Gasteiger charge is 2.43. The number of carbonyl (C=O) groups excluding carboxylic acids is 1. The molecule has 0 bridgehead atoms. The zero-order valence-electron chi connectivity index (χ0n) is 32.6. The minimum Gasteiger partial charge on any atom is -0.456 e. The van der Waals surface area contributed by atoms with E-state index in [0.717, 1.165) is 32.3 Å². The number of ether oxygens (including phenoxy) is 1. The van der Waals surface area contributed by atoms with E-state index in [4.69, 9.17) is 11.2 Å². The molecular formula is C41H36F2N3O8S5+. The van der Waals surface area contributed by atoms with Crippen LogP contribution in [0, 0.1) is 30.9 Å². The zero-order chi connectivity index (χ0) is 42.9. The maximum atomic E-state index is 17.4. The number of benzene rings is 3. The quantitative estimate of drug-likeness (QED) is 0.0704. The van der Waals surface area contributed by atoms with Crippen molar-refractivity contribution >= 4 is 71.8 Å². The van der Waals surface area contributed by atoms with E-state index in [9.17, 15) is 30.7 Å². The number of rotatable bonds is 7. The van der Waals surface area contributed by atoms with Crippen molar-refractivity contribution in [1.29, 1.82) is 0 Å². The first kappa shape index (κ1) is 41.1. The Balaban J connectivity index is 1.53. The molecule has 0 aliphatic carbocycles. The van der Waals surface area contributed by atoms with Crippen molar-refractivity contribution < 1.29 is 44.3 Å². The predicted molar refractivity (Wildman–Crippen MR) is 225 cm³/mol. The minimum absolute atomic E-state index is 0.0984. The number of thioether (sulfide) groups is 1. The van der Waals surface area contributed by atoms with Crippen molar-refractivity contribution in [2.75, 3.05) is 31.3 Å². The first-order valence-corrected chi connectivity index (χ1v) is 23.4.